The van der Waals surface area contributed by atoms with Crippen molar-refractivity contribution in [2.45, 2.75) is 26.5 Å². The molecule has 0 aliphatic carbocycles. The Labute approximate surface area is 169 Å². The van der Waals surface area contributed by atoms with Crippen LogP contribution in [0.5, 0.6) is 0 Å². The Bertz CT molecular complexity index is 994. The van der Waals surface area contributed by atoms with Gasteiger partial charge in [-0.25, -0.2) is 9.48 Å². The summed E-state index contributed by atoms with van der Waals surface area (Å²) in [6.07, 6.45) is 3.53. The van der Waals surface area contributed by atoms with Crippen molar-refractivity contribution in [3.05, 3.63) is 83.7 Å². The number of rotatable bonds is 7. The summed E-state index contributed by atoms with van der Waals surface area (Å²) in [7, 11) is 0. The number of hydrogen-bond acceptors (Lipinski definition) is 5. The van der Waals surface area contributed by atoms with Crippen molar-refractivity contribution in [1.29, 1.82) is 0 Å². The predicted octanol–water partition coefficient (Wildman–Crippen LogP) is 3.22. The maximum absolute atomic E-state index is 12.1. The van der Waals surface area contributed by atoms with E-state index in [1.54, 1.807) is 23.0 Å². The van der Waals surface area contributed by atoms with Gasteiger partial charge in [-0.1, -0.05) is 53.2 Å². The molecule has 0 radical (unpaired) electrons. The van der Waals surface area contributed by atoms with E-state index >= 15 is 0 Å². The molecule has 7 nitrogen and oxygen atoms in total. The summed E-state index contributed by atoms with van der Waals surface area (Å²) in [5, 5.41) is 10.7. The van der Waals surface area contributed by atoms with Crippen molar-refractivity contribution < 1.29 is 14.3 Å². The minimum atomic E-state index is -0.929. The quantitative estimate of drug-likeness (QED) is 0.494. The molecule has 7 heteroatoms. The van der Waals surface area contributed by atoms with Crippen LogP contribution in [0.2, 0.25) is 0 Å². The van der Waals surface area contributed by atoms with Gasteiger partial charge >= 0.3 is 5.97 Å². The van der Waals surface area contributed by atoms with E-state index in [-0.39, 0.29) is 0 Å². The Morgan fingerprint density at radius 1 is 1.14 bits per heavy atom. The van der Waals surface area contributed by atoms with Gasteiger partial charge in [0.2, 0.25) is 0 Å². The smallest absolute Gasteiger partial charge is 0.331 e. The normalized spacial score (nSPS) is 11.9. The van der Waals surface area contributed by atoms with Crippen LogP contribution in [0.4, 0.5) is 5.69 Å². The SMILES string of the molecule is Cc1ccc(NC(=O)[C@H](C)OC(=O)/C=C/c2cn(Cc3ccccc3)nn2)cc1. The number of hydrogen-bond donors (Lipinski definition) is 1. The molecule has 1 amide bonds. The summed E-state index contributed by atoms with van der Waals surface area (Å²) >= 11 is 0. The summed E-state index contributed by atoms with van der Waals surface area (Å²) < 4.78 is 6.82. The van der Waals surface area contributed by atoms with Crippen molar-refractivity contribution >= 4 is 23.6 Å². The predicted molar refractivity (Wildman–Crippen MR) is 110 cm³/mol. The van der Waals surface area contributed by atoms with Gasteiger partial charge in [0, 0.05) is 11.8 Å². The third kappa shape index (κ3) is 6.14. The fourth-order valence-electron chi connectivity index (χ4n) is 2.54. The molecule has 1 aromatic heterocycles. The van der Waals surface area contributed by atoms with E-state index in [1.807, 2.05) is 49.4 Å². The Morgan fingerprint density at radius 3 is 2.59 bits per heavy atom. The first-order valence-electron chi connectivity index (χ1n) is 9.20. The summed E-state index contributed by atoms with van der Waals surface area (Å²) in [5.41, 5.74) is 3.36. The Balaban J connectivity index is 1.50. The minimum Gasteiger partial charge on any atom is -0.449 e. The van der Waals surface area contributed by atoms with Crippen LogP contribution in [0.1, 0.15) is 23.7 Å². The zero-order valence-corrected chi connectivity index (χ0v) is 16.3. The van der Waals surface area contributed by atoms with Gasteiger partial charge in [-0.3, -0.25) is 4.79 Å². The van der Waals surface area contributed by atoms with E-state index < -0.39 is 18.0 Å². The standard InChI is InChI=1S/C22H22N4O3/c1-16-8-10-19(11-9-16)23-22(28)17(2)29-21(27)13-12-20-15-26(25-24-20)14-18-6-4-3-5-7-18/h3-13,15,17H,14H2,1-2H3,(H,23,28)/b13-12+/t17-/m0/s1. The molecule has 0 fully saturated rings. The first-order chi connectivity index (χ1) is 14.0. The lowest BCUT2D eigenvalue weighted by Gasteiger charge is -2.12. The van der Waals surface area contributed by atoms with Gasteiger partial charge in [-0.15, -0.1) is 5.10 Å². The molecule has 0 saturated carbocycles. The largest absolute Gasteiger partial charge is 0.449 e. The van der Waals surface area contributed by atoms with Crippen LogP contribution >= 0.6 is 0 Å². The van der Waals surface area contributed by atoms with Crippen molar-refractivity contribution in [2.75, 3.05) is 5.32 Å². The molecule has 3 aromatic rings. The lowest BCUT2D eigenvalue weighted by atomic mass is 10.2. The molecule has 0 unspecified atom stereocenters. The molecule has 1 N–H and O–H groups in total. The average Bonchev–Trinajstić information content (AvgIpc) is 3.16. The average molecular weight is 390 g/mol. The van der Waals surface area contributed by atoms with Crippen LogP contribution in [-0.4, -0.2) is 33.0 Å². The number of amides is 1. The van der Waals surface area contributed by atoms with E-state index in [9.17, 15) is 9.59 Å². The fraction of sp³-hybridized carbons (Fsp3) is 0.182. The molecular weight excluding hydrogens is 368 g/mol. The molecule has 2 aromatic carbocycles. The van der Waals surface area contributed by atoms with Crippen molar-refractivity contribution in [3.63, 3.8) is 0 Å². The van der Waals surface area contributed by atoms with E-state index in [1.165, 1.54) is 19.1 Å². The highest BCUT2D eigenvalue weighted by Gasteiger charge is 2.16. The number of nitrogens with zero attached hydrogens (tertiary/aromatic N) is 3. The Kier molecular flexibility index (Phi) is 6.52. The van der Waals surface area contributed by atoms with Crippen LogP contribution in [0, 0.1) is 6.92 Å². The summed E-state index contributed by atoms with van der Waals surface area (Å²) in [5.74, 6) is -1.03. The van der Waals surface area contributed by atoms with Gasteiger partial charge in [0.15, 0.2) is 6.10 Å². The van der Waals surface area contributed by atoms with Crippen molar-refractivity contribution in [2.24, 2.45) is 0 Å². The number of esters is 1. The monoisotopic (exact) mass is 390 g/mol. The number of carbonyl (C=O) groups is 2. The number of aromatic nitrogens is 3. The second-order valence-corrected chi connectivity index (χ2v) is 6.59. The van der Waals surface area contributed by atoms with Crippen LogP contribution in [0.25, 0.3) is 6.08 Å². The molecule has 29 heavy (non-hydrogen) atoms. The maximum atomic E-state index is 12.1. The fourth-order valence-corrected chi connectivity index (χ4v) is 2.54. The molecule has 148 valence electrons. The van der Waals surface area contributed by atoms with Crippen LogP contribution < -0.4 is 5.32 Å². The maximum Gasteiger partial charge on any atom is 0.331 e. The van der Waals surface area contributed by atoms with Crippen LogP contribution in [-0.2, 0) is 20.9 Å². The summed E-state index contributed by atoms with van der Waals surface area (Å²) in [4.78, 5) is 24.1. The number of carbonyl (C=O) groups excluding carboxylic acids is 2. The third-order valence-corrected chi connectivity index (χ3v) is 4.12. The molecule has 0 spiro atoms. The van der Waals surface area contributed by atoms with Crippen LogP contribution in [0.15, 0.2) is 66.9 Å². The first-order valence-corrected chi connectivity index (χ1v) is 9.20. The molecule has 1 heterocycles. The van der Waals surface area contributed by atoms with Crippen molar-refractivity contribution in [1.82, 2.24) is 15.0 Å². The van der Waals surface area contributed by atoms with Crippen molar-refractivity contribution in [3.8, 4) is 0 Å². The molecular formula is C22H22N4O3. The molecule has 3 rings (SSSR count). The highest BCUT2D eigenvalue weighted by atomic mass is 16.5. The zero-order valence-electron chi connectivity index (χ0n) is 16.3. The lowest BCUT2D eigenvalue weighted by molar-refractivity contribution is -0.148. The van der Waals surface area contributed by atoms with E-state index in [0.29, 0.717) is 17.9 Å². The zero-order chi connectivity index (χ0) is 20.6. The van der Waals surface area contributed by atoms with E-state index in [4.69, 9.17) is 4.74 Å². The van der Waals surface area contributed by atoms with E-state index in [2.05, 4.69) is 15.6 Å². The highest BCUT2D eigenvalue weighted by molar-refractivity contribution is 5.96. The molecule has 0 aliphatic heterocycles. The second kappa shape index (κ2) is 9.45. The second-order valence-electron chi connectivity index (χ2n) is 6.59. The number of ether oxygens (including phenoxy) is 1. The Hall–Kier alpha value is -3.74. The lowest BCUT2D eigenvalue weighted by Crippen LogP contribution is -2.29. The molecule has 0 saturated heterocycles. The summed E-state index contributed by atoms with van der Waals surface area (Å²) in [6.45, 7) is 4.07. The first kappa shape index (κ1) is 20.0. The van der Waals surface area contributed by atoms with E-state index in [0.717, 1.165) is 11.1 Å². The third-order valence-electron chi connectivity index (χ3n) is 4.12. The van der Waals surface area contributed by atoms with Gasteiger partial charge in [0.1, 0.15) is 5.69 Å². The topological polar surface area (TPSA) is 86.1 Å². The molecule has 0 bridgehead atoms. The number of nitrogens with one attached hydrogen (secondary N) is 1. The Morgan fingerprint density at radius 2 is 1.86 bits per heavy atom. The highest BCUT2D eigenvalue weighted by Crippen LogP contribution is 2.10. The van der Waals surface area contributed by atoms with Crippen LogP contribution in [0.3, 0.4) is 0 Å². The number of benzene rings is 2. The van der Waals surface area contributed by atoms with Gasteiger partial charge in [0.25, 0.3) is 5.91 Å². The molecule has 1 atom stereocenters. The van der Waals surface area contributed by atoms with Gasteiger partial charge in [-0.2, -0.15) is 0 Å². The number of aryl methyl sites for hydroxylation is 1. The summed E-state index contributed by atoms with van der Waals surface area (Å²) in [6, 6.07) is 17.2. The minimum absolute atomic E-state index is 0.399. The van der Waals surface area contributed by atoms with Gasteiger partial charge in [-0.05, 0) is 37.6 Å². The molecule has 0 aliphatic rings. The van der Waals surface area contributed by atoms with Gasteiger partial charge < -0.3 is 10.1 Å². The van der Waals surface area contributed by atoms with Gasteiger partial charge in [0.05, 0.1) is 12.7 Å². The number of anilines is 1.